The molecule has 21 heavy (non-hydrogen) atoms. The maximum absolute atomic E-state index is 10.5. The highest BCUT2D eigenvalue weighted by Crippen LogP contribution is 2.20. The number of hydroxylamine groups is 2. The van der Waals surface area contributed by atoms with Gasteiger partial charge in [0, 0.05) is 12.8 Å². The molecule has 0 aromatic rings. The third-order valence-electron chi connectivity index (χ3n) is 2.04. The number of carbonyl (C=O) groups is 2. The molecule has 0 unspecified atom stereocenters. The van der Waals surface area contributed by atoms with Crippen molar-refractivity contribution in [1.29, 1.82) is 0 Å². The van der Waals surface area contributed by atoms with Gasteiger partial charge in [-0.1, -0.05) is 56.4 Å². The summed E-state index contributed by atoms with van der Waals surface area (Å²) < 4.78 is 0. The van der Waals surface area contributed by atoms with Crippen LogP contribution in [0.3, 0.4) is 0 Å². The van der Waals surface area contributed by atoms with E-state index in [1.165, 1.54) is 0 Å². The van der Waals surface area contributed by atoms with Crippen LogP contribution in [0, 0.1) is 10.8 Å². The Balaban J connectivity index is -0.000000126. The molecule has 0 atom stereocenters. The monoisotopic (exact) mass is 308 g/mol. The minimum atomic E-state index is -0.331. The second-order valence-corrected chi connectivity index (χ2v) is 6.87. The standard InChI is InChI=1S/C7H15NO2.C6H13NO2.2CH4/c1-7(2,3)5-4-6(9)8-10;1-6(2,3)4-5(8)7-9;;/h10H,4-5H2,1-3H3,(H,8,9);9H,4H2,1-3H3,(H,7,8);2*1H4. The lowest BCUT2D eigenvalue weighted by molar-refractivity contribution is -0.131. The summed E-state index contributed by atoms with van der Waals surface area (Å²) in [7, 11) is 0. The van der Waals surface area contributed by atoms with E-state index >= 15 is 0 Å². The van der Waals surface area contributed by atoms with Crippen LogP contribution < -0.4 is 11.0 Å². The molecule has 130 valence electrons. The fourth-order valence-corrected chi connectivity index (χ4v) is 1.07. The lowest BCUT2D eigenvalue weighted by Gasteiger charge is -2.16. The molecule has 0 rings (SSSR count). The normalized spacial score (nSPS) is 10.1. The third-order valence-corrected chi connectivity index (χ3v) is 2.04. The highest BCUT2D eigenvalue weighted by molar-refractivity contribution is 5.75. The average Bonchev–Trinajstić information content (AvgIpc) is 2.23. The summed E-state index contributed by atoms with van der Waals surface area (Å²) in [6.07, 6.45) is 1.53. The number of nitrogens with one attached hydrogen (secondary N) is 2. The number of hydrogen-bond acceptors (Lipinski definition) is 4. The van der Waals surface area contributed by atoms with E-state index in [1.54, 1.807) is 11.0 Å². The first-order chi connectivity index (χ1) is 8.41. The third kappa shape index (κ3) is 27.9. The molecule has 0 aromatic carbocycles. The van der Waals surface area contributed by atoms with Crippen LogP contribution in [0.2, 0.25) is 0 Å². The molecule has 0 saturated heterocycles. The Morgan fingerprint density at radius 1 is 0.810 bits per heavy atom. The fraction of sp³-hybridized carbons (Fsp3) is 0.867. The van der Waals surface area contributed by atoms with Crippen LogP contribution in [0.1, 0.15) is 75.7 Å². The van der Waals surface area contributed by atoms with Gasteiger partial charge in [0.2, 0.25) is 11.8 Å². The summed E-state index contributed by atoms with van der Waals surface area (Å²) >= 11 is 0. The van der Waals surface area contributed by atoms with Crippen LogP contribution in [0.4, 0.5) is 0 Å². The average molecular weight is 308 g/mol. The van der Waals surface area contributed by atoms with Crippen molar-refractivity contribution in [3.05, 3.63) is 0 Å². The summed E-state index contributed by atoms with van der Waals surface area (Å²) in [5.41, 5.74) is 3.29. The van der Waals surface area contributed by atoms with Gasteiger partial charge >= 0.3 is 0 Å². The van der Waals surface area contributed by atoms with Gasteiger partial charge in [-0.15, -0.1) is 0 Å². The van der Waals surface area contributed by atoms with Gasteiger partial charge in [-0.3, -0.25) is 20.0 Å². The van der Waals surface area contributed by atoms with Gasteiger partial charge in [-0.25, -0.2) is 11.0 Å². The van der Waals surface area contributed by atoms with Crippen LogP contribution in [0.15, 0.2) is 0 Å². The number of amides is 2. The molecule has 0 aliphatic heterocycles. The maximum Gasteiger partial charge on any atom is 0.243 e. The molecule has 0 aliphatic carbocycles. The molecule has 0 aliphatic rings. The predicted octanol–water partition coefficient (Wildman–Crippen LogP) is 3.52. The quantitative estimate of drug-likeness (QED) is 0.473. The molecule has 0 spiro atoms. The van der Waals surface area contributed by atoms with Crippen molar-refractivity contribution in [3.63, 3.8) is 0 Å². The van der Waals surface area contributed by atoms with Gasteiger partial charge < -0.3 is 0 Å². The Labute approximate surface area is 130 Å². The molecule has 0 aromatic heterocycles. The minimum Gasteiger partial charge on any atom is -0.289 e. The SMILES string of the molecule is C.C.CC(C)(C)CC(=O)NO.CC(C)(C)CCC(=O)NO. The Kier molecular flexibility index (Phi) is 16.8. The molecule has 2 amide bonds. The maximum atomic E-state index is 10.5. The van der Waals surface area contributed by atoms with Gasteiger partial charge in [0.15, 0.2) is 0 Å². The van der Waals surface area contributed by atoms with Crippen LogP contribution in [-0.4, -0.2) is 22.2 Å². The smallest absolute Gasteiger partial charge is 0.243 e. The topological polar surface area (TPSA) is 98.7 Å². The van der Waals surface area contributed by atoms with E-state index < -0.39 is 0 Å². The summed E-state index contributed by atoms with van der Waals surface area (Å²) in [6.45, 7) is 12.0. The number of hydrogen-bond donors (Lipinski definition) is 4. The lowest BCUT2D eigenvalue weighted by atomic mass is 9.90. The van der Waals surface area contributed by atoms with Crippen LogP contribution in [0.25, 0.3) is 0 Å². The van der Waals surface area contributed by atoms with Gasteiger partial charge in [-0.2, -0.15) is 0 Å². The van der Waals surface area contributed by atoms with E-state index in [9.17, 15) is 9.59 Å². The zero-order valence-corrected chi connectivity index (χ0v) is 12.8. The van der Waals surface area contributed by atoms with Crippen molar-refractivity contribution in [2.75, 3.05) is 0 Å². The highest BCUT2D eigenvalue weighted by atomic mass is 16.5. The number of carbonyl (C=O) groups excluding carboxylic acids is 2. The molecular weight excluding hydrogens is 272 g/mol. The van der Waals surface area contributed by atoms with Crippen molar-refractivity contribution in [3.8, 4) is 0 Å². The summed E-state index contributed by atoms with van der Waals surface area (Å²) in [4.78, 5) is 21.0. The Bertz CT molecular complexity index is 278. The van der Waals surface area contributed by atoms with E-state index in [1.807, 2.05) is 20.8 Å². The molecule has 0 heterocycles. The van der Waals surface area contributed by atoms with Crippen LogP contribution in [0.5, 0.6) is 0 Å². The van der Waals surface area contributed by atoms with Crippen LogP contribution >= 0.6 is 0 Å². The minimum absolute atomic E-state index is 0. The van der Waals surface area contributed by atoms with E-state index in [0.717, 1.165) is 6.42 Å². The Morgan fingerprint density at radius 3 is 1.38 bits per heavy atom. The second kappa shape index (κ2) is 12.6. The molecule has 6 heteroatoms. The first-order valence-electron chi connectivity index (χ1n) is 6.27. The first kappa shape index (κ1) is 28.1. The zero-order valence-electron chi connectivity index (χ0n) is 12.8. The Morgan fingerprint density at radius 2 is 1.19 bits per heavy atom. The zero-order chi connectivity index (χ0) is 15.7. The Hall–Kier alpha value is -1.14. The molecule has 0 bridgehead atoms. The largest absolute Gasteiger partial charge is 0.289 e. The summed E-state index contributed by atoms with van der Waals surface area (Å²) in [5.74, 6) is -0.641. The van der Waals surface area contributed by atoms with Crippen molar-refractivity contribution >= 4 is 11.8 Å². The lowest BCUT2D eigenvalue weighted by Crippen LogP contribution is -2.24. The number of rotatable bonds is 3. The van der Waals surface area contributed by atoms with E-state index in [-0.39, 0.29) is 37.5 Å². The summed E-state index contributed by atoms with van der Waals surface area (Å²) in [5, 5.41) is 16.2. The first-order valence-corrected chi connectivity index (χ1v) is 6.27. The molecular formula is C15H36N2O4. The van der Waals surface area contributed by atoms with Gasteiger partial charge in [0.05, 0.1) is 0 Å². The van der Waals surface area contributed by atoms with Gasteiger partial charge in [-0.05, 0) is 17.3 Å². The van der Waals surface area contributed by atoms with E-state index in [4.69, 9.17) is 10.4 Å². The van der Waals surface area contributed by atoms with Crippen molar-refractivity contribution in [1.82, 2.24) is 11.0 Å². The second-order valence-electron chi connectivity index (χ2n) is 6.87. The van der Waals surface area contributed by atoms with Crippen molar-refractivity contribution < 1.29 is 20.0 Å². The molecule has 0 saturated carbocycles. The van der Waals surface area contributed by atoms with E-state index in [0.29, 0.717) is 12.8 Å². The van der Waals surface area contributed by atoms with Crippen molar-refractivity contribution in [2.45, 2.75) is 75.7 Å². The van der Waals surface area contributed by atoms with Gasteiger partial charge in [0.1, 0.15) is 0 Å². The van der Waals surface area contributed by atoms with Crippen LogP contribution in [-0.2, 0) is 9.59 Å². The van der Waals surface area contributed by atoms with E-state index in [2.05, 4.69) is 20.8 Å². The summed E-state index contributed by atoms with van der Waals surface area (Å²) in [6, 6.07) is 0. The van der Waals surface area contributed by atoms with Crippen molar-refractivity contribution in [2.24, 2.45) is 10.8 Å². The molecule has 4 N–H and O–H groups in total. The molecule has 6 nitrogen and oxygen atoms in total. The highest BCUT2D eigenvalue weighted by Gasteiger charge is 2.14. The molecule has 0 fully saturated rings. The predicted molar refractivity (Wildman–Crippen MR) is 86.1 cm³/mol. The fourth-order valence-electron chi connectivity index (χ4n) is 1.07. The molecule has 0 radical (unpaired) electrons. The van der Waals surface area contributed by atoms with Gasteiger partial charge in [0.25, 0.3) is 0 Å².